The Bertz CT molecular complexity index is 681. The van der Waals surface area contributed by atoms with Crippen LogP contribution in [0.3, 0.4) is 0 Å². The van der Waals surface area contributed by atoms with Crippen LogP contribution < -0.4 is 4.57 Å². The van der Waals surface area contributed by atoms with Gasteiger partial charge in [-0.15, -0.1) is 0 Å². The number of nitrogens with zero attached hydrogens (tertiary/aromatic N) is 1. The lowest BCUT2D eigenvalue weighted by molar-refractivity contribution is -0.698. The molecule has 46 heavy (non-hydrogen) atoms. The molecular formula is C45H86N+. The van der Waals surface area contributed by atoms with Crippen molar-refractivity contribution in [3.05, 3.63) is 29.6 Å². The lowest BCUT2D eigenvalue weighted by Gasteiger charge is -2.07. The Kier molecular flexibility index (Phi) is 33.3. The molecule has 0 atom stereocenters. The van der Waals surface area contributed by atoms with E-state index < -0.39 is 0 Å². The average molecular weight is 641 g/mol. The van der Waals surface area contributed by atoms with Crippen LogP contribution in [0.2, 0.25) is 0 Å². The van der Waals surface area contributed by atoms with Crippen LogP contribution in [-0.4, -0.2) is 0 Å². The molecule has 1 heterocycles. The Balaban J connectivity index is 2.31. The first-order chi connectivity index (χ1) is 22.8. The summed E-state index contributed by atoms with van der Waals surface area (Å²) in [5.74, 6) is 0. The molecule has 0 bridgehead atoms. The van der Waals surface area contributed by atoms with Gasteiger partial charge >= 0.3 is 0 Å². The molecule has 0 saturated carbocycles. The Labute approximate surface area is 291 Å². The Morgan fingerprint density at radius 1 is 0.304 bits per heavy atom. The van der Waals surface area contributed by atoms with Crippen molar-refractivity contribution in [2.75, 3.05) is 0 Å². The fourth-order valence-electron chi connectivity index (χ4n) is 7.30. The molecule has 0 aliphatic rings. The molecule has 0 unspecified atom stereocenters. The van der Waals surface area contributed by atoms with Gasteiger partial charge in [0, 0.05) is 17.5 Å². The fourth-order valence-corrected chi connectivity index (χ4v) is 7.30. The lowest BCUT2D eigenvalue weighted by Crippen LogP contribution is -2.34. The van der Waals surface area contributed by atoms with Crippen LogP contribution in [0, 0.1) is 0 Å². The molecule has 0 aliphatic carbocycles. The molecule has 0 saturated heterocycles. The molecule has 270 valence electrons. The van der Waals surface area contributed by atoms with Crippen LogP contribution in [-0.2, 0) is 19.4 Å². The number of unbranched alkanes of at least 4 members (excludes halogenated alkanes) is 31. The number of hydrogen-bond donors (Lipinski definition) is 0. The van der Waals surface area contributed by atoms with Crippen LogP contribution in [0.25, 0.3) is 0 Å². The van der Waals surface area contributed by atoms with Crippen molar-refractivity contribution in [2.24, 2.45) is 0 Å². The summed E-state index contributed by atoms with van der Waals surface area (Å²) in [5.41, 5.74) is 3.21. The van der Waals surface area contributed by atoms with Crippen LogP contribution in [0.4, 0.5) is 0 Å². The van der Waals surface area contributed by atoms with E-state index in [1.165, 1.54) is 238 Å². The van der Waals surface area contributed by atoms with Gasteiger partial charge in [0.25, 0.3) is 0 Å². The minimum atomic E-state index is 1.22. The quantitative estimate of drug-likeness (QED) is 0.0503. The van der Waals surface area contributed by atoms with E-state index >= 15 is 0 Å². The second-order valence-electron chi connectivity index (χ2n) is 15.3. The highest BCUT2D eigenvalue weighted by Crippen LogP contribution is 2.16. The van der Waals surface area contributed by atoms with Gasteiger partial charge in [-0.25, -0.2) is 4.57 Å². The van der Waals surface area contributed by atoms with Gasteiger partial charge in [0.05, 0.1) is 0 Å². The number of aryl methyl sites for hydroxylation is 3. The minimum Gasteiger partial charge on any atom is -0.205 e. The monoisotopic (exact) mass is 641 g/mol. The van der Waals surface area contributed by atoms with Gasteiger partial charge in [0.15, 0.2) is 12.4 Å². The van der Waals surface area contributed by atoms with E-state index in [-0.39, 0.29) is 0 Å². The average Bonchev–Trinajstić information content (AvgIpc) is 3.06. The third-order valence-corrected chi connectivity index (χ3v) is 10.4. The summed E-state index contributed by atoms with van der Waals surface area (Å²) in [6.45, 7) is 8.16. The highest BCUT2D eigenvalue weighted by Gasteiger charge is 2.09. The van der Waals surface area contributed by atoms with Gasteiger partial charge in [0.1, 0.15) is 6.54 Å². The Hall–Kier alpha value is -0.850. The number of pyridine rings is 1. The van der Waals surface area contributed by atoms with Crippen LogP contribution in [0.5, 0.6) is 0 Å². The van der Waals surface area contributed by atoms with E-state index in [0.717, 1.165) is 0 Å². The number of aromatic nitrogens is 1. The second kappa shape index (κ2) is 35.5. The molecule has 0 fully saturated rings. The van der Waals surface area contributed by atoms with Crippen LogP contribution >= 0.6 is 0 Å². The summed E-state index contributed by atoms with van der Waals surface area (Å²) in [7, 11) is 0. The zero-order valence-corrected chi connectivity index (χ0v) is 32.3. The SMILES string of the molecule is CCCCCCCCCCCCCCCC[n+]1cc(CCCCCCCCCCCC)cc(CCCCCCCCCCCC)c1. The van der Waals surface area contributed by atoms with Crippen molar-refractivity contribution < 1.29 is 4.57 Å². The number of rotatable bonds is 37. The van der Waals surface area contributed by atoms with Crippen molar-refractivity contribution in [2.45, 2.75) is 258 Å². The van der Waals surface area contributed by atoms with E-state index in [4.69, 9.17) is 0 Å². The zero-order chi connectivity index (χ0) is 33.0. The van der Waals surface area contributed by atoms with E-state index in [2.05, 4.69) is 43.8 Å². The molecule has 0 aromatic carbocycles. The predicted octanol–water partition coefficient (Wildman–Crippen LogP) is 15.4. The van der Waals surface area contributed by atoms with Crippen molar-refractivity contribution >= 4 is 0 Å². The van der Waals surface area contributed by atoms with E-state index in [9.17, 15) is 0 Å². The minimum absolute atomic E-state index is 1.22. The smallest absolute Gasteiger partial charge is 0.171 e. The third kappa shape index (κ3) is 29.3. The summed E-state index contributed by atoms with van der Waals surface area (Å²) >= 11 is 0. The van der Waals surface area contributed by atoms with E-state index in [1.54, 1.807) is 11.1 Å². The van der Waals surface area contributed by atoms with E-state index in [0.29, 0.717) is 0 Å². The Morgan fingerprint density at radius 2 is 0.543 bits per heavy atom. The normalized spacial score (nSPS) is 11.5. The zero-order valence-electron chi connectivity index (χ0n) is 32.3. The van der Waals surface area contributed by atoms with Crippen molar-refractivity contribution in [3.8, 4) is 0 Å². The largest absolute Gasteiger partial charge is 0.205 e. The molecule has 0 radical (unpaired) electrons. The topological polar surface area (TPSA) is 3.88 Å². The standard InChI is InChI=1S/C45H86N/c1-4-7-10-13-16-19-22-23-24-25-28-31-34-37-40-46-42-44(38-35-32-29-26-20-17-14-11-8-5-2)41-45(43-46)39-36-33-30-27-21-18-15-12-9-6-3/h41-43H,4-40H2,1-3H3/q+1. The highest BCUT2D eigenvalue weighted by atomic mass is 14.9. The molecule has 0 N–H and O–H groups in total. The van der Waals surface area contributed by atoms with Crippen LogP contribution in [0.15, 0.2) is 18.5 Å². The molecule has 1 nitrogen and oxygen atoms in total. The fraction of sp³-hybridized carbons (Fsp3) is 0.889. The molecule has 1 aromatic heterocycles. The summed E-state index contributed by atoms with van der Waals surface area (Å²) in [6, 6.07) is 2.57. The van der Waals surface area contributed by atoms with Gasteiger partial charge in [0.2, 0.25) is 0 Å². The molecule has 0 spiro atoms. The first kappa shape index (κ1) is 43.2. The van der Waals surface area contributed by atoms with Gasteiger partial charge in [-0.05, 0) is 38.2 Å². The Morgan fingerprint density at radius 3 is 0.826 bits per heavy atom. The summed E-state index contributed by atoms with van der Waals surface area (Å²) < 4.78 is 2.58. The van der Waals surface area contributed by atoms with Crippen LogP contribution in [0.1, 0.15) is 250 Å². The lowest BCUT2D eigenvalue weighted by atomic mass is 10.0. The maximum atomic E-state index is 2.58. The predicted molar refractivity (Wildman–Crippen MR) is 208 cm³/mol. The van der Waals surface area contributed by atoms with Gasteiger partial charge in [-0.1, -0.05) is 213 Å². The third-order valence-electron chi connectivity index (χ3n) is 10.4. The second-order valence-corrected chi connectivity index (χ2v) is 15.3. The van der Waals surface area contributed by atoms with Crippen molar-refractivity contribution in [3.63, 3.8) is 0 Å². The summed E-state index contributed by atoms with van der Waals surface area (Å²) in [6.07, 6.45) is 56.3. The van der Waals surface area contributed by atoms with Gasteiger partial charge in [-0.2, -0.15) is 0 Å². The first-order valence-corrected chi connectivity index (χ1v) is 21.8. The first-order valence-electron chi connectivity index (χ1n) is 21.8. The number of hydrogen-bond acceptors (Lipinski definition) is 0. The molecule has 1 rings (SSSR count). The maximum Gasteiger partial charge on any atom is 0.171 e. The van der Waals surface area contributed by atoms with Gasteiger partial charge in [-0.3, -0.25) is 0 Å². The van der Waals surface area contributed by atoms with E-state index in [1.807, 2.05) is 0 Å². The summed E-state index contributed by atoms with van der Waals surface area (Å²) in [5, 5.41) is 0. The van der Waals surface area contributed by atoms with Crippen molar-refractivity contribution in [1.82, 2.24) is 0 Å². The highest BCUT2D eigenvalue weighted by molar-refractivity contribution is 5.15. The molecule has 1 aromatic rings. The molecule has 1 heteroatoms. The molecule has 0 aliphatic heterocycles. The van der Waals surface area contributed by atoms with Crippen molar-refractivity contribution in [1.29, 1.82) is 0 Å². The molecular weight excluding hydrogens is 555 g/mol. The molecule has 0 amide bonds. The maximum absolute atomic E-state index is 2.58. The van der Waals surface area contributed by atoms with Gasteiger partial charge < -0.3 is 0 Å². The summed E-state index contributed by atoms with van der Waals surface area (Å²) in [4.78, 5) is 0.